The Bertz CT molecular complexity index is 283. The number of thiophene rings is 1. The molecule has 0 radical (unpaired) electrons. The Kier molecular flexibility index (Phi) is 4.61. The van der Waals surface area contributed by atoms with E-state index in [9.17, 15) is 0 Å². The van der Waals surface area contributed by atoms with E-state index in [4.69, 9.17) is 0 Å². The van der Waals surface area contributed by atoms with Crippen LogP contribution in [0.15, 0.2) is 15.9 Å². The van der Waals surface area contributed by atoms with Crippen LogP contribution >= 0.6 is 27.3 Å². The summed E-state index contributed by atoms with van der Waals surface area (Å²) >= 11 is 5.37. The van der Waals surface area contributed by atoms with Crippen molar-refractivity contribution in [2.45, 2.75) is 39.8 Å². The predicted molar refractivity (Wildman–Crippen MR) is 67.9 cm³/mol. The number of hydrogen-bond donors (Lipinski definition) is 1. The first-order valence-electron chi connectivity index (χ1n) is 5.01. The Morgan fingerprint density at radius 3 is 2.36 bits per heavy atom. The summed E-state index contributed by atoms with van der Waals surface area (Å²) in [6, 6.07) is 3.10. The summed E-state index contributed by atoms with van der Waals surface area (Å²) in [6.07, 6.45) is 0. The van der Waals surface area contributed by atoms with Crippen molar-refractivity contribution in [1.82, 2.24) is 5.32 Å². The highest BCUT2D eigenvalue weighted by atomic mass is 79.9. The summed E-state index contributed by atoms with van der Waals surface area (Å²) in [6.45, 7) is 8.94. The highest BCUT2D eigenvalue weighted by molar-refractivity contribution is 9.10. The van der Waals surface area contributed by atoms with Gasteiger partial charge in [0.2, 0.25) is 0 Å². The van der Waals surface area contributed by atoms with Crippen LogP contribution in [0.4, 0.5) is 0 Å². The molecule has 0 amide bonds. The van der Waals surface area contributed by atoms with E-state index in [1.807, 2.05) is 0 Å². The van der Waals surface area contributed by atoms with Crippen molar-refractivity contribution in [2.24, 2.45) is 5.92 Å². The summed E-state index contributed by atoms with van der Waals surface area (Å²) in [5.74, 6) is 0.677. The first-order chi connectivity index (χ1) is 6.52. The van der Waals surface area contributed by atoms with E-state index in [0.29, 0.717) is 18.0 Å². The van der Waals surface area contributed by atoms with Gasteiger partial charge in [-0.3, -0.25) is 0 Å². The first kappa shape index (κ1) is 12.2. The zero-order chi connectivity index (χ0) is 10.7. The molecule has 1 nitrogen and oxygen atoms in total. The van der Waals surface area contributed by atoms with Gasteiger partial charge in [0.05, 0.1) is 0 Å². The fourth-order valence-corrected chi connectivity index (χ4v) is 3.01. The molecule has 0 spiro atoms. The second kappa shape index (κ2) is 5.29. The van der Waals surface area contributed by atoms with Crippen molar-refractivity contribution < 1.29 is 0 Å². The van der Waals surface area contributed by atoms with Crippen LogP contribution < -0.4 is 5.32 Å². The molecule has 1 rings (SSSR count). The summed E-state index contributed by atoms with van der Waals surface area (Å²) < 4.78 is 1.22. The molecule has 0 aromatic carbocycles. The number of hydrogen-bond acceptors (Lipinski definition) is 2. The molecular formula is C11H18BrNS. The third kappa shape index (κ3) is 3.07. The van der Waals surface area contributed by atoms with E-state index < -0.39 is 0 Å². The minimum atomic E-state index is 0.432. The van der Waals surface area contributed by atoms with Crippen LogP contribution in [0.3, 0.4) is 0 Å². The molecule has 0 bridgehead atoms. The second-order valence-corrected chi connectivity index (χ2v) is 5.86. The van der Waals surface area contributed by atoms with Gasteiger partial charge in [0.1, 0.15) is 0 Å². The Morgan fingerprint density at radius 1 is 1.29 bits per heavy atom. The SMILES string of the molecule is CC(NC(C)C(C)C)c1sccc1Br. The maximum atomic E-state index is 3.60. The highest BCUT2D eigenvalue weighted by Crippen LogP contribution is 2.29. The van der Waals surface area contributed by atoms with Gasteiger partial charge in [0.25, 0.3) is 0 Å². The molecule has 1 aromatic heterocycles. The normalized spacial score (nSPS) is 15.9. The summed E-state index contributed by atoms with van der Waals surface area (Å²) in [4.78, 5) is 1.39. The highest BCUT2D eigenvalue weighted by Gasteiger charge is 2.14. The van der Waals surface area contributed by atoms with E-state index >= 15 is 0 Å². The van der Waals surface area contributed by atoms with Crippen molar-refractivity contribution in [1.29, 1.82) is 0 Å². The average molecular weight is 276 g/mol. The summed E-state index contributed by atoms with van der Waals surface area (Å²) in [5.41, 5.74) is 0. The molecule has 1 aromatic rings. The summed E-state index contributed by atoms with van der Waals surface area (Å²) in [7, 11) is 0. The molecule has 0 saturated carbocycles. The topological polar surface area (TPSA) is 12.0 Å². The van der Waals surface area contributed by atoms with Gasteiger partial charge in [0.15, 0.2) is 0 Å². The van der Waals surface area contributed by atoms with E-state index in [-0.39, 0.29) is 0 Å². The second-order valence-electron chi connectivity index (χ2n) is 4.05. The zero-order valence-electron chi connectivity index (χ0n) is 9.17. The lowest BCUT2D eigenvalue weighted by Gasteiger charge is -2.22. The van der Waals surface area contributed by atoms with Gasteiger partial charge in [-0.15, -0.1) is 11.3 Å². The molecule has 0 saturated heterocycles. The maximum absolute atomic E-state index is 3.60. The van der Waals surface area contributed by atoms with E-state index in [2.05, 4.69) is 60.4 Å². The Balaban J connectivity index is 2.59. The van der Waals surface area contributed by atoms with Crippen LogP contribution in [0.25, 0.3) is 0 Å². The van der Waals surface area contributed by atoms with Crippen LogP contribution in [0, 0.1) is 5.92 Å². The van der Waals surface area contributed by atoms with E-state index in [1.54, 1.807) is 11.3 Å². The predicted octanol–water partition coefficient (Wildman–Crippen LogP) is 4.21. The Labute approximate surface area is 99.0 Å². The van der Waals surface area contributed by atoms with Crippen LogP contribution in [0.5, 0.6) is 0 Å². The minimum Gasteiger partial charge on any atom is -0.307 e. The molecule has 0 aliphatic rings. The molecule has 14 heavy (non-hydrogen) atoms. The lowest BCUT2D eigenvalue weighted by molar-refractivity contribution is 0.391. The van der Waals surface area contributed by atoms with Gasteiger partial charge in [-0.05, 0) is 47.1 Å². The van der Waals surface area contributed by atoms with Crippen LogP contribution in [-0.2, 0) is 0 Å². The first-order valence-corrected chi connectivity index (χ1v) is 6.68. The van der Waals surface area contributed by atoms with Gasteiger partial charge in [-0.1, -0.05) is 13.8 Å². The number of halogens is 1. The molecule has 2 atom stereocenters. The average Bonchev–Trinajstić information content (AvgIpc) is 2.51. The molecule has 2 unspecified atom stereocenters. The Hall–Kier alpha value is 0.140. The molecule has 0 aliphatic heterocycles. The molecular weight excluding hydrogens is 258 g/mol. The fourth-order valence-electron chi connectivity index (χ4n) is 1.28. The lowest BCUT2D eigenvalue weighted by atomic mass is 10.1. The molecule has 1 N–H and O–H groups in total. The standard InChI is InChI=1S/C11H18BrNS/c1-7(2)8(3)13-9(4)11-10(12)5-6-14-11/h5-9,13H,1-4H3. The molecule has 1 heterocycles. The van der Waals surface area contributed by atoms with E-state index in [0.717, 1.165) is 0 Å². The van der Waals surface area contributed by atoms with Crippen molar-refractivity contribution in [2.75, 3.05) is 0 Å². The van der Waals surface area contributed by atoms with Gasteiger partial charge in [-0.25, -0.2) is 0 Å². The Morgan fingerprint density at radius 2 is 1.93 bits per heavy atom. The van der Waals surface area contributed by atoms with Gasteiger partial charge < -0.3 is 5.32 Å². The van der Waals surface area contributed by atoms with Crippen LogP contribution in [0.2, 0.25) is 0 Å². The summed E-state index contributed by atoms with van der Waals surface area (Å²) in [5, 5.41) is 5.73. The molecule has 3 heteroatoms. The quantitative estimate of drug-likeness (QED) is 0.868. The van der Waals surface area contributed by atoms with E-state index in [1.165, 1.54) is 9.35 Å². The maximum Gasteiger partial charge on any atom is 0.0399 e. The van der Waals surface area contributed by atoms with Crippen molar-refractivity contribution in [3.05, 3.63) is 20.8 Å². The van der Waals surface area contributed by atoms with Crippen LogP contribution in [-0.4, -0.2) is 6.04 Å². The minimum absolute atomic E-state index is 0.432. The van der Waals surface area contributed by atoms with Crippen molar-refractivity contribution >= 4 is 27.3 Å². The van der Waals surface area contributed by atoms with Crippen molar-refractivity contribution in [3.8, 4) is 0 Å². The van der Waals surface area contributed by atoms with Crippen LogP contribution in [0.1, 0.15) is 38.6 Å². The fraction of sp³-hybridized carbons (Fsp3) is 0.636. The van der Waals surface area contributed by atoms with Gasteiger partial charge >= 0.3 is 0 Å². The largest absolute Gasteiger partial charge is 0.307 e. The zero-order valence-corrected chi connectivity index (χ0v) is 11.6. The molecule has 0 fully saturated rings. The number of rotatable bonds is 4. The van der Waals surface area contributed by atoms with Gasteiger partial charge in [0, 0.05) is 21.4 Å². The monoisotopic (exact) mass is 275 g/mol. The third-order valence-corrected chi connectivity index (χ3v) is 4.60. The van der Waals surface area contributed by atoms with Gasteiger partial charge in [-0.2, -0.15) is 0 Å². The lowest BCUT2D eigenvalue weighted by Crippen LogP contribution is -2.32. The number of nitrogens with one attached hydrogen (secondary N) is 1. The smallest absolute Gasteiger partial charge is 0.0399 e. The third-order valence-electron chi connectivity index (χ3n) is 2.55. The molecule has 0 aliphatic carbocycles. The van der Waals surface area contributed by atoms with Crippen molar-refractivity contribution in [3.63, 3.8) is 0 Å². The molecule has 80 valence electrons.